The molecule has 8 heteroatoms. The van der Waals surface area contributed by atoms with Crippen LogP contribution >= 0.6 is 0 Å². The van der Waals surface area contributed by atoms with Gasteiger partial charge in [-0.1, -0.05) is 12.1 Å². The van der Waals surface area contributed by atoms with Crippen molar-refractivity contribution < 1.29 is 27.4 Å². The highest BCUT2D eigenvalue weighted by Crippen LogP contribution is 2.31. The molecule has 0 saturated heterocycles. The monoisotopic (exact) mass is 365 g/mol. The molecule has 1 unspecified atom stereocenters. The van der Waals surface area contributed by atoms with E-state index in [0.717, 1.165) is 0 Å². The van der Waals surface area contributed by atoms with Gasteiger partial charge in [-0.2, -0.15) is 0 Å². The Morgan fingerprint density at radius 3 is 2.52 bits per heavy atom. The number of benzene rings is 2. The highest BCUT2D eigenvalue weighted by atomic mass is 32.2. The van der Waals surface area contributed by atoms with Crippen LogP contribution < -0.4 is 23.7 Å². The van der Waals surface area contributed by atoms with Crippen molar-refractivity contribution in [2.24, 2.45) is 0 Å². The first-order valence-corrected chi connectivity index (χ1v) is 9.12. The summed E-state index contributed by atoms with van der Waals surface area (Å²) >= 11 is 0. The minimum atomic E-state index is -3.72. The summed E-state index contributed by atoms with van der Waals surface area (Å²) < 4.78 is 49.1. The number of hydrogen-bond acceptors (Lipinski definition) is 6. The average molecular weight is 365 g/mol. The summed E-state index contributed by atoms with van der Waals surface area (Å²) in [5.74, 6) is 2.06. The van der Waals surface area contributed by atoms with Crippen LogP contribution in [0.3, 0.4) is 0 Å². The SMILES string of the molecule is COc1ccc(S(=O)(=O)NCC2COc3ccccc3O2)cc1OC. The lowest BCUT2D eigenvalue weighted by atomic mass is 10.2. The number of para-hydroxylation sites is 2. The summed E-state index contributed by atoms with van der Waals surface area (Å²) in [7, 11) is -0.776. The van der Waals surface area contributed by atoms with Gasteiger partial charge in [0.25, 0.3) is 0 Å². The Hall–Kier alpha value is -2.45. The van der Waals surface area contributed by atoms with Gasteiger partial charge in [-0.05, 0) is 24.3 Å². The van der Waals surface area contributed by atoms with E-state index in [1.165, 1.54) is 26.4 Å². The van der Waals surface area contributed by atoms with Crippen LogP contribution in [0.15, 0.2) is 47.4 Å². The quantitative estimate of drug-likeness (QED) is 0.841. The minimum absolute atomic E-state index is 0.0854. The summed E-state index contributed by atoms with van der Waals surface area (Å²) in [4.78, 5) is 0.0854. The van der Waals surface area contributed by atoms with Gasteiger partial charge in [0.15, 0.2) is 23.0 Å². The lowest BCUT2D eigenvalue weighted by Crippen LogP contribution is -2.40. The fourth-order valence-corrected chi connectivity index (χ4v) is 3.51. The zero-order chi connectivity index (χ0) is 17.9. The van der Waals surface area contributed by atoms with E-state index in [9.17, 15) is 8.42 Å². The standard InChI is InChI=1S/C17H19NO6S/c1-21-14-8-7-13(9-17(14)22-2)25(19,20)18-10-12-11-23-15-5-3-4-6-16(15)24-12/h3-9,12,18H,10-11H2,1-2H3. The van der Waals surface area contributed by atoms with Crippen LogP contribution in [0.1, 0.15) is 0 Å². The Bertz CT molecular complexity index is 852. The molecule has 1 aliphatic rings. The summed E-state index contributed by atoms with van der Waals surface area (Å²) in [6.07, 6.45) is -0.412. The van der Waals surface area contributed by atoms with E-state index in [4.69, 9.17) is 18.9 Å². The molecule has 0 aromatic heterocycles. The van der Waals surface area contributed by atoms with Crippen molar-refractivity contribution in [3.63, 3.8) is 0 Å². The molecule has 1 N–H and O–H groups in total. The lowest BCUT2D eigenvalue weighted by molar-refractivity contribution is 0.0943. The van der Waals surface area contributed by atoms with E-state index in [1.807, 2.05) is 12.1 Å². The zero-order valence-electron chi connectivity index (χ0n) is 13.9. The minimum Gasteiger partial charge on any atom is -0.493 e. The normalized spacial score (nSPS) is 16.3. The Morgan fingerprint density at radius 2 is 1.80 bits per heavy atom. The van der Waals surface area contributed by atoms with Crippen molar-refractivity contribution in [2.75, 3.05) is 27.4 Å². The van der Waals surface area contributed by atoms with Crippen LogP contribution in [0.5, 0.6) is 23.0 Å². The van der Waals surface area contributed by atoms with E-state index < -0.39 is 16.1 Å². The molecule has 2 aromatic carbocycles. The lowest BCUT2D eigenvalue weighted by Gasteiger charge is -2.26. The predicted molar refractivity (Wildman–Crippen MR) is 91.1 cm³/mol. The number of ether oxygens (including phenoxy) is 4. The predicted octanol–water partition coefficient (Wildman–Crippen LogP) is 1.82. The largest absolute Gasteiger partial charge is 0.493 e. The third-order valence-corrected chi connectivity index (χ3v) is 5.16. The molecule has 0 amide bonds. The van der Waals surface area contributed by atoms with Gasteiger partial charge in [-0.25, -0.2) is 13.1 Å². The number of rotatable bonds is 6. The molecule has 0 bridgehead atoms. The second-order valence-electron chi connectivity index (χ2n) is 5.37. The number of fused-ring (bicyclic) bond motifs is 1. The molecule has 2 aromatic rings. The molecule has 0 aliphatic carbocycles. The van der Waals surface area contributed by atoms with Crippen LogP contribution in [0, 0.1) is 0 Å². The summed E-state index contributed by atoms with van der Waals surface area (Å²) in [5, 5.41) is 0. The van der Waals surface area contributed by atoms with Gasteiger partial charge in [0.2, 0.25) is 10.0 Å². The van der Waals surface area contributed by atoms with Crippen molar-refractivity contribution in [3.05, 3.63) is 42.5 Å². The second-order valence-corrected chi connectivity index (χ2v) is 7.13. The van der Waals surface area contributed by atoms with E-state index in [-0.39, 0.29) is 18.0 Å². The van der Waals surface area contributed by atoms with Crippen molar-refractivity contribution >= 4 is 10.0 Å². The summed E-state index contributed by atoms with van der Waals surface area (Å²) in [6, 6.07) is 11.7. The third-order valence-electron chi connectivity index (χ3n) is 3.73. The molecule has 7 nitrogen and oxygen atoms in total. The number of nitrogens with one attached hydrogen (secondary N) is 1. The van der Waals surface area contributed by atoms with E-state index >= 15 is 0 Å². The van der Waals surface area contributed by atoms with Crippen molar-refractivity contribution in [2.45, 2.75) is 11.0 Å². The Balaban J connectivity index is 1.68. The topological polar surface area (TPSA) is 83.1 Å². The van der Waals surface area contributed by atoms with E-state index in [2.05, 4.69) is 4.72 Å². The Morgan fingerprint density at radius 1 is 1.08 bits per heavy atom. The fourth-order valence-electron chi connectivity index (χ4n) is 2.43. The van der Waals surface area contributed by atoms with Crippen molar-refractivity contribution in [3.8, 4) is 23.0 Å². The first kappa shape index (κ1) is 17.4. The molecular weight excluding hydrogens is 346 g/mol. The van der Waals surface area contributed by atoms with Gasteiger partial charge >= 0.3 is 0 Å². The molecule has 0 saturated carbocycles. The highest BCUT2D eigenvalue weighted by molar-refractivity contribution is 7.89. The van der Waals surface area contributed by atoms with Crippen LogP contribution in [0.4, 0.5) is 0 Å². The van der Waals surface area contributed by atoms with Gasteiger partial charge in [0.05, 0.1) is 25.7 Å². The molecule has 1 heterocycles. The summed E-state index contributed by atoms with van der Waals surface area (Å²) in [6.45, 7) is 0.358. The van der Waals surface area contributed by atoms with Gasteiger partial charge < -0.3 is 18.9 Å². The van der Waals surface area contributed by atoms with Gasteiger partial charge in [0, 0.05) is 6.07 Å². The van der Waals surface area contributed by atoms with E-state index in [0.29, 0.717) is 23.0 Å². The maximum atomic E-state index is 12.5. The smallest absolute Gasteiger partial charge is 0.240 e. The molecule has 1 atom stereocenters. The number of hydrogen-bond donors (Lipinski definition) is 1. The molecule has 1 aliphatic heterocycles. The van der Waals surface area contributed by atoms with Crippen molar-refractivity contribution in [1.82, 2.24) is 4.72 Å². The molecule has 25 heavy (non-hydrogen) atoms. The first-order chi connectivity index (χ1) is 12.0. The molecule has 0 fully saturated rings. The number of methoxy groups -OCH3 is 2. The van der Waals surface area contributed by atoms with E-state index in [1.54, 1.807) is 18.2 Å². The molecule has 134 valence electrons. The maximum Gasteiger partial charge on any atom is 0.240 e. The summed E-state index contributed by atoms with van der Waals surface area (Å²) in [5.41, 5.74) is 0. The highest BCUT2D eigenvalue weighted by Gasteiger charge is 2.24. The van der Waals surface area contributed by atoms with Gasteiger partial charge in [-0.15, -0.1) is 0 Å². The Labute approximate surface area is 146 Å². The van der Waals surface area contributed by atoms with Gasteiger partial charge in [-0.3, -0.25) is 0 Å². The first-order valence-electron chi connectivity index (χ1n) is 7.63. The van der Waals surface area contributed by atoms with Crippen LogP contribution in [0.25, 0.3) is 0 Å². The molecule has 3 rings (SSSR count). The average Bonchev–Trinajstić information content (AvgIpc) is 2.65. The zero-order valence-corrected chi connectivity index (χ0v) is 14.7. The Kier molecular flexibility index (Phi) is 5.00. The second kappa shape index (κ2) is 7.20. The number of sulfonamides is 1. The van der Waals surface area contributed by atoms with Crippen molar-refractivity contribution in [1.29, 1.82) is 0 Å². The van der Waals surface area contributed by atoms with Crippen LogP contribution in [-0.2, 0) is 10.0 Å². The molecular formula is C17H19NO6S. The molecule has 0 radical (unpaired) electrons. The van der Waals surface area contributed by atoms with Crippen LogP contribution in [-0.4, -0.2) is 41.9 Å². The molecule has 0 spiro atoms. The van der Waals surface area contributed by atoms with Gasteiger partial charge in [0.1, 0.15) is 12.7 Å². The van der Waals surface area contributed by atoms with Crippen LogP contribution in [0.2, 0.25) is 0 Å². The maximum absolute atomic E-state index is 12.5. The fraction of sp³-hybridized carbons (Fsp3) is 0.294. The third kappa shape index (κ3) is 3.80.